The Morgan fingerprint density at radius 1 is 1.50 bits per heavy atom. The van der Waals surface area contributed by atoms with Gasteiger partial charge >= 0.3 is 0 Å². The highest BCUT2D eigenvalue weighted by Crippen LogP contribution is 2.28. The van der Waals surface area contributed by atoms with Gasteiger partial charge in [-0.2, -0.15) is 0 Å². The summed E-state index contributed by atoms with van der Waals surface area (Å²) in [5.41, 5.74) is 1.16. The Hall–Kier alpha value is -0.450. The fourth-order valence-corrected chi connectivity index (χ4v) is 3.22. The number of hydrogen-bond acceptors (Lipinski definition) is 4. The van der Waals surface area contributed by atoms with Gasteiger partial charge in [0.1, 0.15) is 5.01 Å². The van der Waals surface area contributed by atoms with Gasteiger partial charge in [-0.05, 0) is 13.3 Å². The Kier molecular flexibility index (Phi) is 4.32. The highest BCUT2D eigenvalue weighted by atomic mass is 32.1. The molecular formula is C12H21N3S. The molecule has 1 saturated heterocycles. The van der Waals surface area contributed by atoms with Crippen molar-refractivity contribution in [1.82, 2.24) is 15.2 Å². The Bertz CT molecular complexity index is 318. The van der Waals surface area contributed by atoms with E-state index >= 15 is 0 Å². The zero-order chi connectivity index (χ0) is 11.4. The van der Waals surface area contributed by atoms with Gasteiger partial charge in [-0.1, -0.05) is 13.3 Å². The molecule has 2 rings (SSSR count). The van der Waals surface area contributed by atoms with Crippen molar-refractivity contribution in [2.24, 2.45) is 0 Å². The topological polar surface area (TPSA) is 28.2 Å². The highest BCUT2D eigenvalue weighted by molar-refractivity contribution is 7.09. The second-order valence-corrected chi connectivity index (χ2v) is 5.31. The van der Waals surface area contributed by atoms with Gasteiger partial charge in [0.2, 0.25) is 0 Å². The average molecular weight is 239 g/mol. The number of aryl methyl sites for hydroxylation is 1. The third-order valence-corrected chi connectivity index (χ3v) is 4.14. The zero-order valence-electron chi connectivity index (χ0n) is 10.2. The number of hydrogen-bond donors (Lipinski definition) is 1. The van der Waals surface area contributed by atoms with Gasteiger partial charge in [0.15, 0.2) is 0 Å². The third kappa shape index (κ3) is 2.81. The molecule has 2 heterocycles. The molecule has 1 atom stereocenters. The number of piperazine rings is 1. The monoisotopic (exact) mass is 239 g/mol. The summed E-state index contributed by atoms with van der Waals surface area (Å²) >= 11 is 1.82. The molecule has 1 aliphatic heterocycles. The maximum Gasteiger partial charge on any atom is 0.110 e. The van der Waals surface area contributed by atoms with Crippen molar-refractivity contribution in [3.8, 4) is 0 Å². The molecule has 0 radical (unpaired) electrons. The average Bonchev–Trinajstić information content (AvgIpc) is 2.74. The first-order valence-electron chi connectivity index (χ1n) is 6.18. The van der Waals surface area contributed by atoms with E-state index < -0.39 is 0 Å². The van der Waals surface area contributed by atoms with Gasteiger partial charge in [-0.3, -0.25) is 4.90 Å². The zero-order valence-corrected chi connectivity index (χ0v) is 11.0. The van der Waals surface area contributed by atoms with E-state index in [0.29, 0.717) is 6.04 Å². The van der Waals surface area contributed by atoms with E-state index in [2.05, 4.69) is 34.4 Å². The number of thiazole rings is 1. The van der Waals surface area contributed by atoms with Crippen molar-refractivity contribution in [2.75, 3.05) is 26.2 Å². The van der Waals surface area contributed by atoms with Crippen LogP contribution >= 0.6 is 11.3 Å². The van der Waals surface area contributed by atoms with Crippen molar-refractivity contribution in [2.45, 2.75) is 32.7 Å². The second-order valence-electron chi connectivity index (χ2n) is 4.42. The molecule has 1 N–H and O–H groups in total. The molecule has 0 bridgehead atoms. The van der Waals surface area contributed by atoms with Crippen LogP contribution in [0.4, 0.5) is 0 Å². The minimum absolute atomic E-state index is 0.547. The molecule has 16 heavy (non-hydrogen) atoms. The fourth-order valence-electron chi connectivity index (χ4n) is 2.25. The summed E-state index contributed by atoms with van der Waals surface area (Å²) in [4.78, 5) is 7.24. The lowest BCUT2D eigenvalue weighted by Crippen LogP contribution is -2.45. The summed E-state index contributed by atoms with van der Waals surface area (Å²) in [6, 6.07) is 0.547. The van der Waals surface area contributed by atoms with E-state index in [1.54, 1.807) is 0 Å². The molecule has 1 aliphatic rings. The van der Waals surface area contributed by atoms with Crippen LogP contribution in [0.2, 0.25) is 0 Å². The van der Waals surface area contributed by atoms with Crippen LogP contribution in [0.1, 0.15) is 36.5 Å². The lowest BCUT2D eigenvalue weighted by atomic mass is 10.1. The van der Waals surface area contributed by atoms with Crippen LogP contribution in [-0.2, 0) is 0 Å². The standard InChI is InChI=1S/C12H21N3S/c1-3-4-11(12-14-10(2)9-16-12)15-7-5-13-6-8-15/h9,11,13H,3-8H2,1-2H3. The number of aromatic nitrogens is 1. The summed E-state index contributed by atoms with van der Waals surface area (Å²) in [7, 11) is 0. The van der Waals surface area contributed by atoms with E-state index in [0.717, 1.165) is 31.9 Å². The summed E-state index contributed by atoms with van der Waals surface area (Å²) in [6.45, 7) is 8.89. The number of nitrogens with one attached hydrogen (secondary N) is 1. The van der Waals surface area contributed by atoms with Crippen molar-refractivity contribution >= 4 is 11.3 Å². The molecule has 3 nitrogen and oxygen atoms in total. The SMILES string of the molecule is CCCC(c1nc(C)cs1)N1CCNCC1. The molecule has 1 fully saturated rings. The fraction of sp³-hybridized carbons (Fsp3) is 0.750. The quantitative estimate of drug-likeness (QED) is 0.873. The molecular weight excluding hydrogens is 218 g/mol. The maximum atomic E-state index is 4.66. The van der Waals surface area contributed by atoms with Crippen molar-refractivity contribution in [1.29, 1.82) is 0 Å². The van der Waals surface area contributed by atoms with Crippen LogP contribution in [0.3, 0.4) is 0 Å². The molecule has 4 heteroatoms. The first-order valence-corrected chi connectivity index (χ1v) is 7.06. The molecule has 0 aromatic carbocycles. The van der Waals surface area contributed by atoms with Crippen LogP contribution < -0.4 is 5.32 Å². The molecule has 1 unspecified atom stereocenters. The van der Waals surface area contributed by atoms with Crippen LogP contribution in [0.15, 0.2) is 5.38 Å². The minimum Gasteiger partial charge on any atom is -0.314 e. The Labute approximate surface area is 102 Å². The highest BCUT2D eigenvalue weighted by Gasteiger charge is 2.23. The first kappa shape index (κ1) is 12.0. The largest absolute Gasteiger partial charge is 0.314 e. The number of rotatable bonds is 4. The van der Waals surface area contributed by atoms with Gasteiger partial charge < -0.3 is 5.32 Å². The van der Waals surface area contributed by atoms with Crippen molar-refractivity contribution < 1.29 is 0 Å². The lowest BCUT2D eigenvalue weighted by molar-refractivity contribution is 0.164. The Morgan fingerprint density at radius 2 is 2.25 bits per heavy atom. The van der Waals surface area contributed by atoms with E-state index in [-0.39, 0.29) is 0 Å². The van der Waals surface area contributed by atoms with Crippen molar-refractivity contribution in [3.05, 3.63) is 16.1 Å². The summed E-state index contributed by atoms with van der Waals surface area (Å²) in [5.74, 6) is 0. The van der Waals surface area contributed by atoms with E-state index in [9.17, 15) is 0 Å². The molecule has 90 valence electrons. The molecule has 1 aromatic heterocycles. The molecule has 0 amide bonds. The molecule has 0 aliphatic carbocycles. The summed E-state index contributed by atoms with van der Waals surface area (Å²) in [6.07, 6.45) is 2.46. The molecule has 0 saturated carbocycles. The van der Waals surface area contributed by atoms with Gasteiger partial charge in [0.05, 0.1) is 6.04 Å². The third-order valence-electron chi connectivity index (χ3n) is 3.08. The Balaban J connectivity index is 2.09. The van der Waals surface area contributed by atoms with Crippen LogP contribution in [0.25, 0.3) is 0 Å². The van der Waals surface area contributed by atoms with Crippen LogP contribution in [0, 0.1) is 6.92 Å². The lowest BCUT2D eigenvalue weighted by Gasteiger charge is -2.33. The first-order chi connectivity index (χ1) is 7.81. The maximum absolute atomic E-state index is 4.66. The van der Waals surface area contributed by atoms with E-state index in [4.69, 9.17) is 0 Å². The molecule has 0 spiro atoms. The van der Waals surface area contributed by atoms with Gasteiger partial charge in [-0.15, -0.1) is 11.3 Å². The Morgan fingerprint density at radius 3 is 2.81 bits per heavy atom. The van der Waals surface area contributed by atoms with Gasteiger partial charge in [0, 0.05) is 37.3 Å². The van der Waals surface area contributed by atoms with E-state index in [1.807, 2.05) is 11.3 Å². The predicted molar refractivity (Wildman–Crippen MR) is 68.9 cm³/mol. The summed E-state index contributed by atoms with van der Waals surface area (Å²) in [5, 5.41) is 6.88. The van der Waals surface area contributed by atoms with E-state index in [1.165, 1.54) is 17.8 Å². The second kappa shape index (κ2) is 5.75. The molecule has 1 aromatic rings. The minimum atomic E-state index is 0.547. The normalized spacial score (nSPS) is 19.9. The van der Waals surface area contributed by atoms with Crippen LogP contribution in [-0.4, -0.2) is 36.1 Å². The predicted octanol–water partition coefficient (Wildman–Crippen LogP) is 2.20. The van der Waals surface area contributed by atoms with Gasteiger partial charge in [0.25, 0.3) is 0 Å². The smallest absolute Gasteiger partial charge is 0.110 e. The van der Waals surface area contributed by atoms with Crippen LogP contribution in [0.5, 0.6) is 0 Å². The summed E-state index contributed by atoms with van der Waals surface area (Å²) < 4.78 is 0. The number of nitrogens with zero attached hydrogens (tertiary/aromatic N) is 2. The van der Waals surface area contributed by atoms with Gasteiger partial charge in [-0.25, -0.2) is 4.98 Å². The van der Waals surface area contributed by atoms with Crippen molar-refractivity contribution in [3.63, 3.8) is 0 Å².